The van der Waals surface area contributed by atoms with Crippen molar-refractivity contribution in [1.82, 2.24) is 0 Å². The quantitative estimate of drug-likeness (QED) is 0.318. The Morgan fingerprint density at radius 1 is 0.933 bits per heavy atom. The summed E-state index contributed by atoms with van der Waals surface area (Å²) in [6.07, 6.45) is -13.2. The van der Waals surface area contributed by atoms with Crippen LogP contribution in [0.25, 0.3) is 0 Å². The normalized spacial score (nSPS) is 14.6. The van der Waals surface area contributed by atoms with Crippen LogP contribution in [-0.2, 0) is 14.2 Å². The van der Waals surface area contributed by atoms with E-state index in [1.165, 1.54) is 0 Å². The van der Waals surface area contributed by atoms with Crippen LogP contribution in [0.5, 0.6) is 5.75 Å². The van der Waals surface area contributed by atoms with E-state index in [4.69, 9.17) is 11.6 Å². The highest BCUT2D eigenvalue weighted by Crippen LogP contribution is 2.49. The Hall–Kier alpha value is -2.35. The van der Waals surface area contributed by atoms with Gasteiger partial charge in [0, 0.05) is 0 Å². The highest BCUT2D eigenvalue weighted by atomic mass is 35.5. The first-order valence-corrected chi connectivity index (χ1v) is 7.70. The third-order valence-corrected chi connectivity index (χ3v) is 3.39. The van der Waals surface area contributed by atoms with Crippen molar-refractivity contribution in [3.8, 4) is 5.75 Å². The van der Waals surface area contributed by atoms with E-state index in [0.29, 0.717) is 0 Å². The highest BCUT2D eigenvalue weighted by Gasteiger charge is 2.76. The highest BCUT2D eigenvalue weighted by molar-refractivity contribution is 6.22. The Bertz CT molecular complexity index is 796. The van der Waals surface area contributed by atoms with Crippen molar-refractivity contribution >= 4 is 23.5 Å². The number of alkyl halides is 9. The number of carbonyl (C=O) groups is 2. The number of carbonyl (C=O) groups excluding carboxylic acids is 2. The van der Waals surface area contributed by atoms with Gasteiger partial charge in [0.05, 0.1) is 19.8 Å². The molecule has 0 radical (unpaired) electrons. The second-order valence-electron chi connectivity index (χ2n) is 5.31. The van der Waals surface area contributed by atoms with Crippen LogP contribution >= 0.6 is 11.6 Å². The number of ether oxygens (including phenoxy) is 4. The number of benzene rings is 1. The van der Waals surface area contributed by atoms with Crippen LogP contribution in [0.3, 0.4) is 0 Å². The molecule has 0 fully saturated rings. The van der Waals surface area contributed by atoms with Crippen molar-refractivity contribution in [3.05, 3.63) is 29.3 Å². The Kier molecular flexibility index (Phi) is 7.53. The van der Waals surface area contributed by atoms with Gasteiger partial charge in [-0.05, 0) is 29.8 Å². The molecule has 0 heterocycles. The summed E-state index contributed by atoms with van der Waals surface area (Å²) in [6.45, 7) is -1.91. The lowest BCUT2D eigenvalue weighted by atomic mass is 10.1. The minimum Gasteiger partial charge on any atom is -0.485 e. The summed E-state index contributed by atoms with van der Waals surface area (Å²) in [4.78, 5) is 23.2. The van der Waals surface area contributed by atoms with Gasteiger partial charge in [0.25, 0.3) is 0 Å². The average molecular weight is 475 g/mol. The standard InChI is InChI=1S/C15H11ClF8O6/c1-27-10(25)7-3-4-8(11(26)28-2)9(5-7)29-6-12(16,17)30-15(23,24)13(18,19)14(20,21)22/h3-5H,6H2,1-2H3. The molecule has 15 heteroatoms. The van der Waals surface area contributed by atoms with Gasteiger partial charge in [-0.2, -0.15) is 35.1 Å². The van der Waals surface area contributed by atoms with E-state index in [1.807, 2.05) is 0 Å². The van der Waals surface area contributed by atoms with Gasteiger partial charge in [-0.25, -0.2) is 9.59 Å². The first-order chi connectivity index (χ1) is 13.5. The molecule has 0 aliphatic rings. The van der Waals surface area contributed by atoms with Gasteiger partial charge >= 0.3 is 35.5 Å². The van der Waals surface area contributed by atoms with Crippen molar-refractivity contribution in [2.45, 2.75) is 23.5 Å². The molecule has 1 rings (SSSR count). The predicted octanol–water partition coefficient (Wildman–Crippen LogP) is 4.31. The van der Waals surface area contributed by atoms with Gasteiger partial charge in [0.2, 0.25) is 0 Å². The molecule has 0 aliphatic carbocycles. The molecule has 1 unspecified atom stereocenters. The summed E-state index contributed by atoms with van der Waals surface area (Å²) in [5.74, 6) is -9.65. The van der Waals surface area contributed by atoms with E-state index < -0.39 is 53.4 Å². The fourth-order valence-electron chi connectivity index (χ4n) is 1.77. The monoisotopic (exact) mass is 474 g/mol. The van der Waals surface area contributed by atoms with Crippen LogP contribution in [0.1, 0.15) is 20.7 Å². The number of hydrogen-bond acceptors (Lipinski definition) is 6. The fraction of sp³-hybridized carbons (Fsp3) is 0.467. The number of esters is 2. The third kappa shape index (κ3) is 5.62. The molecule has 30 heavy (non-hydrogen) atoms. The van der Waals surface area contributed by atoms with E-state index in [1.54, 1.807) is 0 Å². The lowest BCUT2D eigenvalue weighted by Crippen LogP contribution is -2.56. The maximum Gasteiger partial charge on any atom is 0.462 e. The Morgan fingerprint density at radius 3 is 1.93 bits per heavy atom. The molecule has 0 bridgehead atoms. The van der Waals surface area contributed by atoms with Crippen LogP contribution in [0.4, 0.5) is 35.1 Å². The molecule has 0 aromatic heterocycles. The first kappa shape index (κ1) is 25.7. The Balaban J connectivity index is 3.14. The van der Waals surface area contributed by atoms with E-state index in [-0.39, 0.29) is 5.56 Å². The summed E-state index contributed by atoms with van der Waals surface area (Å²) in [5, 5.41) is -4.42. The maximum atomic E-state index is 14.0. The summed E-state index contributed by atoms with van der Waals surface area (Å²) in [7, 11) is 1.88. The van der Waals surface area contributed by atoms with E-state index in [9.17, 15) is 44.7 Å². The van der Waals surface area contributed by atoms with Crippen molar-refractivity contribution < 1.29 is 63.7 Å². The van der Waals surface area contributed by atoms with Gasteiger partial charge < -0.3 is 14.2 Å². The first-order valence-electron chi connectivity index (χ1n) is 7.33. The predicted molar refractivity (Wildman–Crippen MR) is 81.3 cm³/mol. The van der Waals surface area contributed by atoms with Crippen molar-refractivity contribution in [2.24, 2.45) is 0 Å². The molecule has 0 saturated heterocycles. The summed E-state index contributed by atoms with van der Waals surface area (Å²) < 4.78 is 118. The molecule has 1 aromatic rings. The molecule has 1 aromatic carbocycles. The number of rotatable bonds is 8. The molecular formula is C15H11ClF8O6. The molecule has 170 valence electrons. The van der Waals surface area contributed by atoms with Crippen molar-refractivity contribution in [1.29, 1.82) is 0 Å². The van der Waals surface area contributed by atoms with Crippen molar-refractivity contribution in [2.75, 3.05) is 20.8 Å². The van der Waals surface area contributed by atoms with Crippen LogP contribution in [-0.4, -0.2) is 56.3 Å². The molecular weight excluding hydrogens is 464 g/mol. The van der Waals surface area contributed by atoms with Crippen LogP contribution < -0.4 is 4.74 Å². The van der Waals surface area contributed by atoms with Crippen LogP contribution in [0.2, 0.25) is 0 Å². The van der Waals surface area contributed by atoms with Gasteiger partial charge in [-0.15, -0.1) is 0 Å². The minimum absolute atomic E-state index is 0.297. The number of halogens is 9. The average Bonchev–Trinajstić information content (AvgIpc) is 2.63. The summed E-state index contributed by atoms with van der Waals surface area (Å²) in [5.41, 5.74) is -0.806. The largest absolute Gasteiger partial charge is 0.485 e. The smallest absolute Gasteiger partial charge is 0.462 e. The van der Waals surface area contributed by atoms with Gasteiger partial charge in [-0.3, -0.25) is 4.74 Å². The fourth-order valence-corrected chi connectivity index (χ4v) is 1.92. The SMILES string of the molecule is COC(=O)c1ccc(C(=O)OC)c(OCC(F)(Cl)OC(F)(F)C(F)(F)C(F)(F)F)c1. The molecule has 6 nitrogen and oxygen atoms in total. The molecule has 0 N–H and O–H groups in total. The minimum atomic E-state index is -6.80. The zero-order chi connectivity index (χ0) is 23.5. The Labute approximate surface area is 167 Å². The lowest BCUT2D eigenvalue weighted by molar-refractivity contribution is -0.445. The summed E-state index contributed by atoms with van der Waals surface area (Å²) in [6, 6.07) is 2.69. The second-order valence-corrected chi connectivity index (χ2v) is 5.88. The van der Waals surface area contributed by atoms with E-state index in [2.05, 4.69) is 18.9 Å². The van der Waals surface area contributed by atoms with Gasteiger partial charge in [-0.1, -0.05) is 0 Å². The van der Waals surface area contributed by atoms with E-state index >= 15 is 0 Å². The Morgan fingerprint density at radius 2 is 1.47 bits per heavy atom. The topological polar surface area (TPSA) is 71.1 Å². The lowest BCUT2D eigenvalue weighted by Gasteiger charge is -2.31. The zero-order valence-corrected chi connectivity index (χ0v) is 15.5. The van der Waals surface area contributed by atoms with Crippen LogP contribution in [0.15, 0.2) is 18.2 Å². The second kappa shape index (κ2) is 8.79. The number of methoxy groups -OCH3 is 2. The molecule has 0 spiro atoms. The van der Waals surface area contributed by atoms with Gasteiger partial charge in [0.15, 0.2) is 6.61 Å². The molecule has 1 atom stereocenters. The molecule has 0 saturated carbocycles. The third-order valence-electron chi connectivity index (χ3n) is 3.20. The number of hydrogen-bond donors (Lipinski definition) is 0. The summed E-state index contributed by atoms with van der Waals surface area (Å²) >= 11 is 4.82. The molecule has 0 aliphatic heterocycles. The van der Waals surface area contributed by atoms with Crippen molar-refractivity contribution in [3.63, 3.8) is 0 Å². The van der Waals surface area contributed by atoms with Crippen LogP contribution in [0, 0.1) is 0 Å². The molecule has 0 amide bonds. The zero-order valence-electron chi connectivity index (χ0n) is 14.8. The van der Waals surface area contributed by atoms with E-state index in [0.717, 1.165) is 32.4 Å². The maximum absolute atomic E-state index is 14.0. The van der Waals surface area contributed by atoms with Gasteiger partial charge in [0.1, 0.15) is 11.3 Å².